The molecule has 1 heterocycles. The minimum Gasteiger partial charge on any atom is -0.354 e. The Bertz CT molecular complexity index is 350. The van der Waals surface area contributed by atoms with Crippen LogP contribution in [-0.2, 0) is 6.54 Å². The highest BCUT2D eigenvalue weighted by atomic mass is 14.9. The van der Waals surface area contributed by atoms with Crippen molar-refractivity contribution in [1.29, 1.82) is 0 Å². The lowest BCUT2D eigenvalue weighted by molar-refractivity contribution is 0.604. The van der Waals surface area contributed by atoms with Crippen LogP contribution >= 0.6 is 0 Å². The maximum absolute atomic E-state index is 3.51. The van der Waals surface area contributed by atoms with Crippen LogP contribution in [0.4, 0.5) is 0 Å². The molecule has 96 valence electrons. The second kappa shape index (κ2) is 7.33. The molecular weight excluding hydrogens is 208 g/mol. The van der Waals surface area contributed by atoms with E-state index in [1.807, 2.05) is 0 Å². The van der Waals surface area contributed by atoms with E-state index in [-0.39, 0.29) is 0 Å². The zero-order valence-electron chi connectivity index (χ0n) is 11.7. The Morgan fingerprint density at radius 2 is 2.18 bits per heavy atom. The fraction of sp³-hybridized carbons (Fsp3) is 0.600. The first-order valence-corrected chi connectivity index (χ1v) is 6.74. The molecule has 1 aromatic rings. The van der Waals surface area contributed by atoms with Gasteiger partial charge in [-0.25, -0.2) is 0 Å². The van der Waals surface area contributed by atoms with E-state index in [0.29, 0.717) is 6.04 Å². The van der Waals surface area contributed by atoms with Crippen LogP contribution in [0.25, 0.3) is 6.08 Å². The van der Waals surface area contributed by atoms with Crippen LogP contribution in [0.5, 0.6) is 0 Å². The average Bonchev–Trinajstić information content (AvgIpc) is 2.74. The third kappa shape index (κ3) is 4.78. The second-order valence-corrected chi connectivity index (χ2v) is 4.75. The standard InChI is InChI=1S/C15H26N2/c1-5-8-16-14(4)13(3)11-15-7-10-17(12-15)9-6-2/h7,10-12,14,16H,5-6,8-9H2,1-4H3/b13-11+. The molecule has 0 saturated carbocycles. The Morgan fingerprint density at radius 1 is 1.41 bits per heavy atom. The molecule has 0 aliphatic heterocycles. The number of aryl methyl sites for hydroxylation is 1. The maximum Gasteiger partial charge on any atom is 0.0251 e. The fourth-order valence-electron chi connectivity index (χ4n) is 1.85. The van der Waals surface area contributed by atoms with E-state index in [1.54, 1.807) is 0 Å². The number of hydrogen-bond donors (Lipinski definition) is 1. The molecule has 1 rings (SSSR count). The smallest absolute Gasteiger partial charge is 0.0251 e. The van der Waals surface area contributed by atoms with Crippen molar-refractivity contribution in [2.24, 2.45) is 0 Å². The van der Waals surface area contributed by atoms with Crippen molar-refractivity contribution >= 4 is 6.08 Å². The first-order valence-electron chi connectivity index (χ1n) is 6.74. The van der Waals surface area contributed by atoms with Gasteiger partial charge < -0.3 is 9.88 Å². The van der Waals surface area contributed by atoms with Gasteiger partial charge in [0.2, 0.25) is 0 Å². The van der Waals surface area contributed by atoms with Gasteiger partial charge in [0.1, 0.15) is 0 Å². The molecule has 0 aliphatic carbocycles. The predicted octanol–water partition coefficient (Wildman–Crippen LogP) is 3.69. The van der Waals surface area contributed by atoms with Gasteiger partial charge in [0.25, 0.3) is 0 Å². The number of aromatic nitrogens is 1. The summed E-state index contributed by atoms with van der Waals surface area (Å²) in [5.41, 5.74) is 2.70. The average molecular weight is 234 g/mol. The molecule has 0 radical (unpaired) electrons. The van der Waals surface area contributed by atoms with Crippen molar-refractivity contribution in [3.8, 4) is 0 Å². The summed E-state index contributed by atoms with van der Waals surface area (Å²) in [5.74, 6) is 0. The first kappa shape index (κ1) is 14.0. The van der Waals surface area contributed by atoms with Crippen molar-refractivity contribution in [3.05, 3.63) is 29.6 Å². The molecule has 0 bridgehead atoms. The topological polar surface area (TPSA) is 17.0 Å². The van der Waals surface area contributed by atoms with Crippen molar-refractivity contribution in [2.75, 3.05) is 6.54 Å². The van der Waals surface area contributed by atoms with Crippen molar-refractivity contribution in [3.63, 3.8) is 0 Å². The lowest BCUT2D eigenvalue weighted by Crippen LogP contribution is -2.27. The quantitative estimate of drug-likeness (QED) is 0.761. The van der Waals surface area contributed by atoms with E-state index in [9.17, 15) is 0 Å². The molecule has 1 unspecified atom stereocenters. The summed E-state index contributed by atoms with van der Waals surface area (Å²) in [6.07, 6.45) is 9.03. The van der Waals surface area contributed by atoms with Gasteiger partial charge in [-0.1, -0.05) is 25.5 Å². The summed E-state index contributed by atoms with van der Waals surface area (Å²) in [7, 11) is 0. The Balaban J connectivity index is 2.59. The third-order valence-electron chi connectivity index (χ3n) is 3.03. The number of nitrogens with zero attached hydrogens (tertiary/aromatic N) is 1. The molecule has 0 fully saturated rings. The second-order valence-electron chi connectivity index (χ2n) is 4.75. The Kier molecular flexibility index (Phi) is 6.06. The van der Waals surface area contributed by atoms with Gasteiger partial charge in [-0.2, -0.15) is 0 Å². The summed E-state index contributed by atoms with van der Waals surface area (Å²) in [6.45, 7) is 11.0. The van der Waals surface area contributed by atoms with E-state index in [2.05, 4.69) is 62.1 Å². The third-order valence-corrected chi connectivity index (χ3v) is 3.03. The summed E-state index contributed by atoms with van der Waals surface area (Å²) < 4.78 is 2.25. The fourth-order valence-corrected chi connectivity index (χ4v) is 1.85. The Morgan fingerprint density at radius 3 is 2.82 bits per heavy atom. The minimum atomic E-state index is 0.462. The normalized spacial score (nSPS) is 14.0. The molecule has 0 spiro atoms. The molecule has 1 aromatic heterocycles. The van der Waals surface area contributed by atoms with E-state index in [0.717, 1.165) is 13.1 Å². The summed E-state index contributed by atoms with van der Waals surface area (Å²) in [6, 6.07) is 2.65. The minimum absolute atomic E-state index is 0.462. The van der Waals surface area contributed by atoms with Crippen LogP contribution in [0.15, 0.2) is 24.0 Å². The van der Waals surface area contributed by atoms with Crippen LogP contribution in [0.2, 0.25) is 0 Å². The van der Waals surface area contributed by atoms with Gasteiger partial charge in [-0.3, -0.25) is 0 Å². The molecule has 0 aliphatic rings. The highest BCUT2D eigenvalue weighted by Crippen LogP contribution is 2.10. The molecular formula is C15H26N2. The summed E-state index contributed by atoms with van der Waals surface area (Å²) >= 11 is 0. The summed E-state index contributed by atoms with van der Waals surface area (Å²) in [5, 5.41) is 3.51. The van der Waals surface area contributed by atoms with Gasteiger partial charge in [0.15, 0.2) is 0 Å². The summed E-state index contributed by atoms with van der Waals surface area (Å²) in [4.78, 5) is 0. The van der Waals surface area contributed by atoms with Crippen LogP contribution in [0, 0.1) is 0 Å². The molecule has 2 nitrogen and oxygen atoms in total. The van der Waals surface area contributed by atoms with Gasteiger partial charge >= 0.3 is 0 Å². The number of hydrogen-bond acceptors (Lipinski definition) is 1. The van der Waals surface area contributed by atoms with Crippen LogP contribution in [0.3, 0.4) is 0 Å². The van der Waals surface area contributed by atoms with E-state index >= 15 is 0 Å². The molecule has 0 amide bonds. The largest absolute Gasteiger partial charge is 0.354 e. The van der Waals surface area contributed by atoms with Crippen LogP contribution in [-0.4, -0.2) is 17.2 Å². The van der Waals surface area contributed by atoms with Crippen molar-refractivity contribution < 1.29 is 0 Å². The maximum atomic E-state index is 3.51. The van der Waals surface area contributed by atoms with Crippen LogP contribution < -0.4 is 5.32 Å². The monoisotopic (exact) mass is 234 g/mol. The Hall–Kier alpha value is -1.02. The lowest BCUT2D eigenvalue weighted by Gasteiger charge is -2.13. The molecule has 0 saturated heterocycles. The zero-order valence-corrected chi connectivity index (χ0v) is 11.7. The van der Waals surface area contributed by atoms with Crippen LogP contribution in [0.1, 0.15) is 46.1 Å². The van der Waals surface area contributed by atoms with E-state index < -0.39 is 0 Å². The molecule has 1 N–H and O–H groups in total. The van der Waals surface area contributed by atoms with Crippen molar-refractivity contribution in [2.45, 2.75) is 53.1 Å². The number of rotatable bonds is 7. The van der Waals surface area contributed by atoms with Crippen molar-refractivity contribution in [1.82, 2.24) is 9.88 Å². The van der Waals surface area contributed by atoms with E-state index in [1.165, 1.54) is 24.0 Å². The SMILES string of the molecule is CCCNC(C)/C(C)=C/c1ccn(CCC)c1. The predicted molar refractivity (Wildman–Crippen MR) is 76.1 cm³/mol. The van der Waals surface area contributed by atoms with Gasteiger partial charge in [-0.05, 0) is 44.9 Å². The molecule has 0 aromatic carbocycles. The lowest BCUT2D eigenvalue weighted by atomic mass is 10.1. The molecule has 17 heavy (non-hydrogen) atoms. The highest BCUT2D eigenvalue weighted by Gasteiger charge is 2.03. The Labute approximate surface area is 106 Å². The molecule has 1 atom stereocenters. The van der Waals surface area contributed by atoms with E-state index in [4.69, 9.17) is 0 Å². The number of nitrogens with one attached hydrogen (secondary N) is 1. The molecule has 2 heteroatoms. The van der Waals surface area contributed by atoms with Gasteiger partial charge in [-0.15, -0.1) is 0 Å². The highest BCUT2D eigenvalue weighted by molar-refractivity contribution is 5.52. The zero-order chi connectivity index (χ0) is 12.7. The van der Waals surface area contributed by atoms with Gasteiger partial charge in [0.05, 0.1) is 0 Å². The van der Waals surface area contributed by atoms with Gasteiger partial charge in [0, 0.05) is 25.0 Å². The first-order chi connectivity index (χ1) is 8.17.